The van der Waals surface area contributed by atoms with Crippen LogP contribution in [0.4, 0.5) is 0 Å². The van der Waals surface area contributed by atoms with Crippen molar-refractivity contribution in [3.63, 3.8) is 0 Å². The SMILES string of the molecule is CCCCc1oc(CCc2ccc(O)c(OCC(O)c3cc(C(CNCC(C)O)C4CCCC4)c[nH]3)c2)cc1CO. The Bertz CT molecular complexity index is 1200. The number of benzene rings is 1. The van der Waals surface area contributed by atoms with E-state index in [9.17, 15) is 20.4 Å². The number of unbranched alkanes of at least 4 members (excludes halogenated alkanes) is 1. The largest absolute Gasteiger partial charge is 0.504 e. The van der Waals surface area contributed by atoms with Crippen LogP contribution in [-0.2, 0) is 25.9 Å². The maximum absolute atomic E-state index is 10.9. The average Bonchev–Trinajstić information content (AvgIpc) is 3.74. The molecule has 6 N–H and O–H groups in total. The standard InChI is InChI=1S/C33H48N2O6/c1-3-4-9-32-26(20-36)15-27(41-32)12-10-23-11-13-30(38)33(14-23)40-21-31(39)29-16-25(18-35-29)28(19-34-17-22(2)37)24-7-5-6-8-24/h11,13-16,18,22,24,28,31,34-39H,3-10,12,17,19-21H2,1-2H3. The zero-order valence-corrected chi connectivity index (χ0v) is 24.6. The molecule has 2 aromatic heterocycles. The second-order valence-corrected chi connectivity index (χ2v) is 11.6. The number of aromatic amines is 1. The lowest BCUT2D eigenvalue weighted by Gasteiger charge is -2.23. The van der Waals surface area contributed by atoms with Gasteiger partial charge in [0.2, 0.25) is 0 Å². The van der Waals surface area contributed by atoms with Gasteiger partial charge < -0.3 is 39.9 Å². The summed E-state index contributed by atoms with van der Waals surface area (Å²) in [6.07, 6.45) is 9.90. The van der Waals surface area contributed by atoms with Crippen LogP contribution in [0.3, 0.4) is 0 Å². The number of aliphatic hydroxyl groups excluding tert-OH is 3. The molecule has 2 heterocycles. The number of aliphatic hydroxyl groups is 3. The van der Waals surface area contributed by atoms with E-state index < -0.39 is 6.10 Å². The summed E-state index contributed by atoms with van der Waals surface area (Å²) in [7, 11) is 0. The fraction of sp³-hybridized carbons (Fsp3) is 0.576. The smallest absolute Gasteiger partial charge is 0.161 e. The van der Waals surface area contributed by atoms with Crippen LogP contribution in [0.1, 0.15) is 98.3 Å². The van der Waals surface area contributed by atoms with Crippen molar-refractivity contribution < 1.29 is 29.6 Å². The number of H-pyrrole nitrogens is 1. The molecule has 1 aliphatic rings. The van der Waals surface area contributed by atoms with Crippen molar-refractivity contribution >= 4 is 0 Å². The summed E-state index contributed by atoms with van der Waals surface area (Å²) in [4.78, 5) is 3.24. The molecule has 8 nitrogen and oxygen atoms in total. The van der Waals surface area contributed by atoms with Gasteiger partial charge in [0.15, 0.2) is 11.5 Å². The molecule has 41 heavy (non-hydrogen) atoms. The number of rotatable bonds is 17. The van der Waals surface area contributed by atoms with Crippen molar-refractivity contribution in [1.29, 1.82) is 0 Å². The summed E-state index contributed by atoms with van der Waals surface area (Å²) >= 11 is 0. The first kappa shape index (κ1) is 31.2. The number of aryl methyl sites for hydroxylation is 3. The maximum Gasteiger partial charge on any atom is 0.161 e. The molecular formula is C33H48N2O6. The van der Waals surface area contributed by atoms with Crippen LogP contribution in [0.25, 0.3) is 0 Å². The van der Waals surface area contributed by atoms with Crippen molar-refractivity contribution in [3.05, 3.63) is 70.4 Å². The second-order valence-electron chi connectivity index (χ2n) is 11.6. The number of phenols is 1. The van der Waals surface area contributed by atoms with Crippen LogP contribution in [0, 0.1) is 5.92 Å². The van der Waals surface area contributed by atoms with Gasteiger partial charge in [-0.25, -0.2) is 0 Å². The van der Waals surface area contributed by atoms with Crippen LogP contribution in [0.5, 0.6) is 11.5 Å². The molecule has 3 atom stereocenters. The molecule has 0 saturated heterocycles. The van der Waals surface area contributed by atoms with E-state index in [1.807, 2.05) is 24.4 Å². The second kappa shape index (κ2) is 15.4. The van der Waals surface area contributed by atoms with E-state index in [4.69, 9.17) is 9.15 Å². The Morgan fingerprint density at radius 2 is 1.88 bits per heavy atom. The van der Waals surface area contributed by atoms with Gasteiger partial charge in [-0.3, -0.25) is 0 Å². The topological polar surface area (TPSA) is 131 Å². The molecule has 1 aliphatic carbocycles. The highest BCUT2D eigenvalue weighted by Gasteiger charge is 2.27. The van der Waals surface area contributed by atoms with Crippen molar-refractivity contribution in [2.75, 3.05) is 19.7 Å². The highest BCUT2D eigenvalue weighted by Crippen LogP contribution is 2.38. The summed E-state index contributed by atoms with van der Waals surface area (Å²) in [6.45, 7) is 5.25. The first-order valence-electron chi connectivity index (χ1n) is 15.3. The minimum atomic E-state index is -0.872. The average molecular weight is 569 g/mol. The predicted octanol–water partition coefficient (Wildman–Crippen LogP) is 5.29. The third-order valence-electron chi connectivity index (χ3n) is 8.24. The number of aromatic hydroxyl groups is 1. The molecule has 3 unspecified atom stereocenters. The normalized spacial score (nSPS) is 16.2. The van der Waals surface area contributed by atoms with E-state index in [-0.39, 0.29) is 25.1 Å². The Hall–Kier alpha value is -2.78. The van der Waals surface area contributed by atoms with Crippen LogP contribution >= 0.6 is 0 Å². The number of ether oxygens (including phenoxy) is 1. The van der Waals surface area contributed by atoms with Crippen molar-refractivity contribution in [2.24, 2.45) is 5.92 Å². The van der Waals surface area contributed by atoms with Crippen LogP contribution in [0.15, 0.2) is 40.9 Å². The molecule has 0 spiro atoms. The summed E-state index contributed by atoms with van der Waals surface area (Å²) < 4.78 is 11.9. The summed E-state index contributed by atoms with van der Waals surface area (Å²) in [6, 6.07) is 9.24. The lowest BCUT2D eigenvalue weighted by atomic mass is 9.86. The van der Waals surface area contributed by atoms with Crippen LogP contribution in [-0.4, -0.2) is 51.2 Å². The van der Waals surface area contributed by atoms with E-state index in [0.717, 1.165) is 54.0 Å². The highest BCUT2D eigenvalue weighted by atomic mass is 16.5. The first-order chi connectivity index (χ1) is 19.9. The highest BCUT2D eigenvalue weighted by molar-refractivity contribution is 5.42. The fourth-order valence-corrected chi connectivity index (χ4v) is 5.89. The molecular weight excluding hydrogens is 520 g/mol. The molecule has 8 heteroatoms. The van der Waals surface area contributed by atoms with E-state index >= 15 is 0 Å². The number of hydrogen-bond donors (Lipinski definition) is 6. The number of furan rings is 1. The van der Waals surface area contributed by atoms with Gasteiger partial charge >= 0.3 is 0 Å². The monoisotopic (exact) mass is 568 g/mol. The third-order valence-corrected chi connectivity index (χ3v) is 8.24. The van der Waals surface area contributed by atoms with Crippen molar-refractivity contribution in [3.8, 4) is 11.5 Å². The third kappa shape index (κ3) is 8.85. The number of aromatic nitrogens is 1. The maximum atomic E-state index is 10.9. The van der Waals surface area contributed by atoms with Gasteiger partial charge in [-0.2, -0.15) is 0 Å². The summed E-state index contributed by atoms with van der Waals surface area (Å²) in [5, 5.41) is 44.0. The van der Waals surface area contributed by atoms with E-state index in [0.29, 0.717) is 42.7 Å². The molecule has 1 saturated carbocycles. The Morgan fingerprint density at radius 3 is 2.61 bits per heavy atom. The van der Waals surface area contributed by atoms with E-state index in [1.165, 1.54) is 25.7 Å². The molecule has 3 aromatic rings. The van der Waals surface area contributed by atoms with E-state index in [1.54, 1.807) is 19.1 Å². The van der Waals surface area contributed by atoms with Crippen molar-refractivity contribution in [2.45, 2.75) is 96.4 Å². The van der Waals surface area contributed by atoms with Gasteiger partial charge in [0.1, 0.15) is 24.2 Å². The lowest BCUT2D eigenvalue weighted by molar-refractivity contribution is 0.103. The Labute approximate surface area is 243 Å². The number of hydrogen-bond acceptors (Lipinski definition) is 7. The van der Waals surface area contributed by atoms with Crippen LogP contribution < -0.4 is 10.1 Å². The Balaban J connectivity index is 1.34. The van der Waals surface area contributed by atoms with Gasteiger partial charge in [-0.05, 0) is 73.9 Å². The predicted molar refractivity (Wildman–Crippen MR) is 159 cm³/mol. The molecule has 226 valence electrons. The molecule has 1 fully saturated rings. The van der Waals surface area contributed by atoms with E-state index in [2.05, 4.69) is 17.2 Å². The zero-order valence-electron chi connectivity index (χ0n) is 24.6. The molecule has 0 aliphatic heterocycles. The molecule has 0 amide bonds. The quantitative estimate of drug-likeness (QED) is 0.130. The first-order valence-corrected chi connectivity index (χ1v) is 15.3. The summed E-state index contributed by atoms with van der Waals surface area (Å²) in [5.74, 6) is 2.98. The fourth-order valence-electron chi connectivity index (χ4n) is 5.89. The van der Waals surface area contributed by atoms with Crippen molar-refractivity contribution in [1.82, 2.24) is 10.3 Å². The number of phenolic OH excluding ortho intramolecular Hbond substituents is 1. The van der Waals surface area contributed by atoms with Gasteiger partial charge in [0.25, 0.3) is 0 Å². The molecule has 4 rings (SSSR count). The van der Waals surface area contributed by atoms with Gasteiger partial charge in [0, 0.05) is 49.3 Å². The minimum absolute atomic E-state index is 0.00414. The molecule has 0 bridgehead atoms. The number of nitrogens with one attached hydrogen (secondary N) is 2. The Kier molecular flexibility index (Phi) is 11.7. The summed E-state index contributed by atoms with van der Waals surface area (Å²) in [5.41, 5.74) is 3.69. The van der Waals surface area contributed by atoms with Gasteiger partial charge in [-0.15, -0.1) is 0 Å². The van der Waals surface area contributed by atoms with Gasteiger partial charge in [0.05, 0.1) is 12.7 Å². The Morgan fingerprint density at radius 1 is 1.07 bits per heavy atom. The minimum Gasteiger partial charge on any atom is -0.504 e. The molecule has 0 radical (unpaired) electrons. The lowest BCUT2D eigenvalue weighted by Crippen LogP contribution is -2.31. The van der Waals surface area contributed by atoms with Gasteiger partial charge in [-0.1, -0.05) is 32.3 Å². The zero-order chi connectivity index (χ0) is 29.2. The molecule has 1 aromatic carbocycles. The van der Waals surface area contributed by atoms with Crippen LogP contribution in [0.2, 0.25) is 0 Å².